The zero-order valence-electron chi connectivity index (χ0n) is 9.38. The number of aromatic hydroxyl groups is 1. The Labute approximate surface area is 99.9 Å². The average molecular weight is 226 g/mol. The number of hydrogen-bond donors (Lipinski definition) is 2. The van der Waals surface area contributed by atoms with Gasteiger partial charge >= 0.3 is 0 Å². The highest BCUT2D eigenvalue weighted by Gasteiger charge is 2.34. The second kappa shape index (κ2) is 3.86. The SMILES string of the molecule is N[C@H]1CC1c1ccc(-c2cccc(O)c2)nc1. The number of phenolic OH excluding ortho intramolecular Hbond substituents is 1. The van der Waals surface area contributed by atoms with E-state index in [4.69, 9.17) is 5.73 Å². The fraction of sp³-hybridized carbons (Fsp3) is 0.214. The summed E-state index contributed by atoms with van der Waals surface area (Å²) in [5.41, 5.74) is 8.82. The van der Waals surface area contributed by atoms with Crippen molar-refractivity contribution >= 4 is 0 Å². The van der Waals surface area contributed by atoms with Gasteiger partial charge < -0.3 is 10.8 Å². The van der Waals surface area contributed by atoms with E-state index < -0.39 is 0 Å². The molecular weight excluding hydrogens is 212 g/mol. The van der Waals surface area contributed by atoms with Crippen molar-refractivity contribution in [1.82, 2.24) is 4.98 Å². The molecule has 1 saturated carbocycles. The zero-order valence-corrected chi connectivity index (χ0v) is 9.38. The second-order valence-corrected chi connectivity index (χ2v) is 4.53. The van der Waals surface area contributed by atoms with Gasteiger partial charge in [-0.2, -0.15) is 0 Å². The third-order valence-corrected chi connectivity index (χ3v) is 3.20. The Balaban J connectivity index is 1.89. The van der Waals surface area contributed by atoms with Gasteiger partial charge in [0.2, 0.25) is 0 Å². The summed E-state index contributed by atoms with van der Waals surface area (Å²) in [6.07, 6.45) is 2.95. The van der Waals surface area contributed by atoms with E-state index in [1.165, 1.54) is 5.56 Å². The van der Waals surface area contributed by atoms with Gasteiger partial charge in [-0.25, -0.2) is 0 Å². The smallest absolute Gasteiger partial charge is 0.116 e. The normalized spacial score (nSPS) is 22.4. The Kier molecular flexibility index (Phi) is 2.34. The monoisotopic (exact) mass is 226 g/mol. The summed E-state index contributed by atoms with van der Waals surface area (Å²) in [4.78, 5) is 4.42. The highest BCUT2D eigenvalue weighted by molar-refractivity contribution is 5.61. The summed E-state index contributed by atoms with van der Waals surface area (Å²) < 4.78 is 0. The predicted molar refractivity (Wildman–Crippen MR) is 66.7 cm³/mol. The number of benzene rings is 1. The van der Waals surface area contributed by atoms with Crippen LogP contribution in [0.25, 0.3) is 11.3 Å². The maximum Gasteiger partial charge on any atom is 0.116 e. The van der Waals surface area contributed by atoms with Crippen molar-refractivity contribution in [2.24, 2.45) is 5.73 Å². The second-order valence-electron chi connectivity index (χ2n) is 4.53. The van der Waals surface area contributed by atoms with E-state index in [2.05, 4.69) is 11.1 Å². The molecule has 0 saturated heterocycles. The molecule has 1 heterocycles. The van der Waals surface area contributed by atoms with Gasteiger partial charge in [-0.05, 0) is 30.2 Å². The fourth-order valence-electron chi connectivity index (χ4n) is 2.06. The lowest BCUT2D eigenvalue weighted by Crippen LogP contribution is -2.01. The van der Waals surface area contributed by atoms with E-state index in [0.717, 1.165) is 17.7 Å². The molecule has 0 amide bonds. The summed E-state index contributed by atoms with van der Waals surface area (Å²) in [6.45, 7) is 0. The van der Waals surface area contributed by atoms with Crippen LogP contribution in [0.4, 0.5) is 0 Å². The average Bonchev–Trinajstić information content (AvgIpc) is 3.07. The van der Waals surface area contributed by atoms with Crippen molar-refractivity contribution in [3.63, 3.8) is 0 Å². The quantitative estimate of drug-likeness (QED) is 0.825. The van der Waals surface area contributed by atoms with Crippen LogP contribution >= 0.6 is 0 Å². The van der Waals surface area contributed by atoms with E-state index in [1.54, 1.807) is 12.1 Å². The molecule has 1 unspecified atom stereocenters. The van der Waals surface area contributed by atoms with Gasteiger partial charge in [0.25, 0.3) is 0 Å². The van der Waals surface area contributed by atoms with E-state index in [-0.39, 0.29) is 5.75 Å². The first-order valence-electron chi connectivity index (χ1n) is 5.75. The molecule has 2 aromatic rings. The molecule has 3 N–H and O–H groups in total. The standard InChI is InChI=1S/C14H14N2O/c15-13-7-12(13)10-4-5-14(16-8-10)9-2-1-3-11(17)6-9/h1-6,8,12-13,17H,7,15H2/t12?,13-/m0/s1. The summed E-state index contributed by atoms with van der Waals surface area (Å²) in [6, 6.07) is 11.5. The zero-order chi connectivity index (χ0) is 11.8. The van der Waals surface area contributed by atoms with Crippen LogP contribution in [0.15, 0.2) is 42.6 Å². The summed E-state index contributed by atoms with van der Waals surface area (Å²) in [5, 5.41) is 9.42. The molecule has 3 rings (SSSR count). The fourth-order valence-corrected chi connectivity index (χ4v) is 2.06. The number of pyridine rings is 1. The van der Waals surface area contributed by atoms with Gasteiger partial charge in [0.1, 0.15) is 5.75 Å². The first kappa shape index (κ1) is 10.3. The molecule has 3 nitrogen and oxygen atoms in total. The van der Waals surface area contributed by atoms with Crippen LogP contribution in [0.3, 0.4) is 0 Å². The third kappa shape index (κ3) is 2.01. The van der Waals surface area contributed by atoms with Crippen LogP contribution in [0.5, 0.6) is 5.75 Å². The van der Waals surface area contributed by atoms with E-state index in [0.29, 0.717) is 12.0 Å². The molecule has 1 aromatic heterocycles. The third-order valence-electron chi connectivity index (χ3n) is 3.20. The van der Waals surface area contributed by atoms with Gasteiger partial charge in [0.05, 0.1) is 5.69 Å². The molecule has 0 bridgehead atoms. The number of aromatic nitrogens is 1. The first-order valence-corrected chi connectivity index (χ1v) is 5.75. The van der Waals surface area contributed by atoms with Crippen molar-refractivity contribution in [1.29, 1.82) is 0 Å². The number of phenols is 1. The van der Waals surface area contributed by atoms with Gasteiger partial charge in [0, 0.05) is 23.7 Å². The molecule has 1 fully saturated rings. The molecule has 0 aliphatic heterocycles. The number of rotatable bonds is 2. The van der Waals surface area contributed by atoms with Crippen molar-refractivity contribution in [3.8, 4) is 17.0 Å². The maximum atomic E-state index is 9.42. The maximum absolute atomic E-state index is 9.42. The van der Waals surface area contributed by atoms with Crippen molar-refractivity contribution in [3.05, 3.63) is 48.2 Å². The minimum absolute atomic E-state index is 0.262. The van der Waals surface area contributed by atoms with E-state index in [9.17, 15) is 5.11 Å². The van der Waals surface area contributed by atoms with Gasteiger partial charge in [-0.1, -0.05) is 18.2 Å². The molecule has 0 radical (unpaired) electrons. The minimum atomic E-state index is 0.262. The molecule has 0 spiro atoms. The van der Waals surface area contributed by atoms with Crippen molar-refractivity contribution in [2.75, 3.05) is 0 Å². The highest BCUT2D eigenvalue weighted by Crippen LogP contribution is 2.38. The number of nitrogens with zero attached hydrogens (tertiary/aromatic N) is 1. The lowest BCUT2D eigenvalue weighted by molar-refractivity contribution is 0.475. The Morgan fingerprint density at radius 1 is 1.24 bits per heavy atom. The van der Waals surface area contributed by atoms with Crippen LogP contribution in [0, 0.1) is 0 Å². The van der Waals surface area contributed by atoms with Crippen LogP contribution < -0.4 is 5.73 Å². The molecule has 2 atom stereocenters. The van der Waals surface area contributed by atoms with E-state index >= 15 is 0 Å². The van der Waals surface area contributed by atoms with Gasteiger partial charge in [-0.3, -0.25) is 4.98 Å². The van der Waals surface area contributed by atoms with Gasteiger partial charge in [0.15, 0.2) is 0 Å². The molecule has 86 valence electrons. The molecule has 1 aliphatic rings. The van der Waals surface area contributed by atoms with Crippen LogP contribution in [0.1, 0.15) is 17.9 Å². The molecule has 1 aliphatic carbocycles. The topological polar surface area (TPSA) is 59.1 Å². The minimum Gasteiger partial charge on any atom is -0.508 e. The van der Waals surface area contributed by atoms with Crippen LogP contribution in [0.2, 0.25) is 0 Å². The molecule has 17 heavy (non-hydrogen) atoms. The Hall–Kier alpha value is -1.87. The Bertz CT molecular complexity index is 536. The Morgan fingerprint density at radius 3 is 2.65 bits per heavy atom. The van der Waals surface area contributed by atoms with Gasteiger partial charge in [-0.15, -0.1) is 0 Å². The lowest BCUT2D eigenvalue weighted by atomic mass is 10.1. The number of hydrogen-bond acceptors (Lipinski definition) is 3. The van der Waals surface area contributed by atoms with E-state index in [1.807, 2.05) is 24.4 Å². The Morgan fingerprint density at radius 2 is 2.06 bits per heavy atom. The predicted octanol–water partition coefficient (Wildman–Crippen LogP) is 2.27. The first-order chi connectivity index (χ1) is 8.24. The summed E-state index contributed by atoms with van der Waals surface area (Å²) >= 11 is 0. The van der Waals surface area contributed by atoms with Crippen molar-refractivity contribution in [2.45, 2.75) is 18.4 Å². The molecule has 3 heteroatoms. The number of nitrogens with two attached hydrogens (primary N) is 1. The molecular formula is C14H14N2O. The van der Waals surface area contributed by atoms with Crippen LogP contribution in [-0.2, 0) is 0 Å². The van der Waals surface area contributed by atoms with Crippen LogP contribution in [-0.4, -0.2) is 16.1 Å². The van der Waals surface area contributed by atoms with Crippen molar-refractivity contribution < 1.29 is 5.11 Å². The largest absolute Gasteiger partial charge is 0.508 e. The lowest BCUT2D eigenvalue weighted by Gasteiger charge is -2.03. The summed E-state index contributed by atoms with van der Waals surface area (Å²) in [7, 11) is 0. The highest BCUT2D eigenvalue weighted by atomic mass is 16.3. The summed E-state index contributed by atoms with van der Waals surface area (Å²) in [5.74, 6) is 0.748. The molecule has 1 aromatic carbocycles.